The predicted octanol–water partition coefficient (Wildman–Crippen LogP) is 2.02. The maximum atomic E-state index is 11.1. The van der Waals surface area contributed by atoms with Gasteiger partial charge in [0, 0.05) is 5.57 Å². The number of rotatable bonds is 7. The molecule has 0 aliphatic carbocycles. The Balaban J connectivity index is 2.36. The van der Waals surface area contributed by atoms with Gasteiger partial charge in [0.2, 0.25) is 0 Å². The van der Waals surface area contributed by atoms with Gasteiger partial charge in [0.25, 0.3) is 0 Å². The highest BCUT2D eigenvalue weighted by Crippen LogP contribution is 2.09. The zero-order chi connectivity index (χ0) is 14.3. The second kappa shape index (κ2) is 7.33. The topological polar surface area (TPSA) is 72.8 Å². The Hall–Kier alpha value is -2.14. The number of ether oxygens (including phenoxy) is 2. The number of carbonyl (C=O) groups is 2. The molecule has 0 aliphatic rings. The molecular formula is C14H16O5. The maximum absolute atomic E-state index is 11.1. The Morgan fingerprint density at radius 3 is 2.58 bits per heavy atom. The molecule has 1 aromatic carbocycles. The van der Waals surface area contributed by atoms with E-state index in [0.29, 0.717) is 11.1 Å². The van der Waals surface area contributed by atoms with Crippen molar-refractivity contribution in [2.45, 2.75) is 13.5 Å². The molecule has 0 atom stereocenters. The van der Waals surface area contributed by atoms with Gasteiger partial charge in [0.15, 0.2) is 0 Å². The van der Waals surface area contributed by atoms with Crippen LogP contribution in [0.1, 0.15) is 22.8 Å². The van der Waals surface area contributed by atoms with Crippen LogP contribution in [0.2, 0.25) is 0 Å². The molecule has 5 heteroatoms. The molecule has 5 nitrogen and oxygen atoms in total. The highest BCUT2D eigenvalue weighted by Gasteiger charge is 2.08. The number of benzene rings is 1. The smallest absolute Gasteiger partial charge is 0.336 e. The Kier molecular flexibility index (Phi) is 5.75. The lowest BCUT2D eigenvalue weighted by molar-refractivity contribution is -0.140. The van der Waals surface area contributed by atoms with E-state index in [0.717, 1.165) is 0 Å². The van der Waals surface area contributed by atoms with E-state index in [2.05, 4.69) is 6.58 Å². The molecular weight excluding hydrogens is 248 g/mol. The van der Waals surface area contributed by atoms with Gasteiger partial charge in [-0.25, -0.2) is 9.59 Å². The van der Waals surface area contributed by atoms with E-state index in [1.807, 2.05) is 0 Å². The van der Waals surface area contributed by atoms with Gasteiger partial charge in [-0.2, -0.15) is 0 Å². The minimum Gasteiger partial charge on any atom is -0.478 e. The molecule has 0 fully saturated rings. The lowest BCUT2D eigenvalue weighted by Gasteiger charge is -2.08. The third-order valence-electron chi connectivity index (χ3n) is 2.31. The van der Waals surface area contributed by atoms with Crippen molar-refractivity contribution in [3.05, 3.63) is 47.5 Å². The summed E-state index contributed by atoms with van der Waals surface area (Å²) in [7, 11) is 0. The molecule has 19 heavy (non-hydrogen) atoms. The second-order valence-electron chi connectivity index (χ2n) is 3.93. The van der Waals surface area contributed by atoms with E-state index in [4.69, 9.17) is 14.6 Å². The fourth-order valence-corrected chi connectivity index (χ4v) is 1.35. The number of carboxylic acids is 1. The second-order valence-corrected chi connectivity index (χ2v) is 3.93. The lowest BCUT2D eigenvalue weighted by atomic mass is 10.1. The molecule has 0 aromatic heterocycles. The molecule has 102 valence electrons. The molecule has 0 spiro atoms. The van der Waals surface area contributed by atoms with Crippen LogP contribution >= 0.6 is 0 Å². The Labute approximate surface area is 111 Å². The molecule has 0 saturated carbocycles. The highest BCUT2D eigenvalue weighted by atomic mass is 16.6. The van der Waals surface area contributed by atoms with Crippen LogP contribution in [0.15, 0.2) is 36.4 Å². The van der Waals surface area contributed by atoms with Crippen LogP contribution in [-0.4, -0.2) is 30.3 Å². The molecule has 1 rings (SSSR count). The van der Waals surface area contributed by atoms with E-state index in [9.17, 15) is 9.59 Å². The summed E-state index contributed by atoms with van der Waals surface area (Å²) in [5.74, 6) is -1.46. The van der Waals surface area contributed by atoms with Gasteiger partial charge in [-0.05, 0) is 18.6 Å². The van der Waals surface area contributed by atoms with Crippen molar-refractivity contribution < 1.29 is 24.2 Å². The summed E-state index contributed by atoms with van der Waals surface area (Å²) in [6.45, 7) is 5.49. The van der Waals surface area contributed by atoms with Gasteiger partial charge >= 0.3 is 11.9 Å². The highest BCUT2D eigenvalue weighted by molar-refractivity contribution is 5.89. The number of hydrogen-bond donors (Lipinski definition) is 1. The molecule has 1 aromatic rings. The van der Waals surface area contributed by atoms with Crippen LogP contribution < -0.4 is 0 Å². The number of carboxylic acid groups (broad SMARTS) is 1. The van der Waals surface area contributed by atoms with Crippen molar-refractivity contribution in [2.24, 2.45) is 0 Å². The number of aromatic carboxylic acids is 1. The Morgan fingerprint density at radius 1 is 1.26 bits per heavy atom. The Bertz CT molecular complexity index is 478. The molecule has 0 unspecified atom stereocenters. The summed E-state index contributed by atoms with van der Waals surface area (Å²) in [4.78, 5) is 22.0. The van der Waals surface area contributed by atoms with Gasteiger partial charge < -0.3 is 14.6 Å². The third kappa shape index (κ3) is 4.93. The van der Waals surface area contributed by atoms with Gasteiger partial charge in [0.05, 0.1) is 18.8 Å². The fourth-order valence-electron chi connectivity index (χ4n) is 1.35. The first-order valence-electron chi connectivity index (χ1n) is 5.74. The monoisotopic (exact) mass is 264 g/mol. The maximum Gasteiger partial charge on any atom is 0.336 e. The lowest BCUT2D eigenvalue weighted by Crippen LogP contribution is -2.11. The van der Waals surface area contributed by atoms with Crippen molar-refractivity contribution >= 4 is 11.9 Å². The average molecular weight is 264 g/mol. The van der Waals surface area contributed by atoms with E-state index in [-0.39, 0.29) is 25.4 Å². The van der Waals surface area contributed by atoms with Crippen LogP contribution in [0.4, 0.5) is 0 Å². The van der Waals surface area contributed by atoms with Crippen LogP contribution in [0.25, 0.3) is 0 Å². The molecule has 0 bridgehead atoms. The molecule has 0 saturated heterocycles. The summed E-state index contributed by atoms with van der Waals surface area (Å²) in [6, 6.07) is 6.60. The van der Waals surface area contributed by atoms with Crippen LogP contribution in [0.3, 0.4) is 0 Å². The summed E-state index contributed by atoms with van der Waals surface area (Å²) < 4.78 is 10.1. The summed E-state index contributed by atoms with van der Waals surface area (Å²) >= 11 is 0. The molecule has 0 aliphatic heterocycles. The van der Waals surface area contributed by atoms with Crippen molar-refractivity contribution in [1.82, 2.24) is 0 Å². The van der Waals surface area contributed by atoms with Gasteiger partial charge in [-0.1, -0.05) is 24.8 Å². The van der Waals surface area contributed by atoms with Crippen LogP contribution in [0, 0.1) is 0 Å². The van der Waals surface area contributed by atoms with Gasteiger partial charge in [-0.3, -0.25) is 0 Å². The molecule has 0 amide bonds. The largest absolute Gasteiger partial charge is 0.478 e. The fraction of sp³-hybridized carbons (Fsp3) is 0.286. The SMILES string of the molecule is C=C(C)C(=O)OCCOCc1ccccc1C(=O)O. The zero-order valence-electron chi connectivity index (χ0n) is 10.7. The average Bonchev–Trinajstić information content (AvgIpc) is 2.38. The van der Waals surface area contributed by atoms with Crippen LogP contribution in [0.5, 0.6) is 0 Å². The first kappa shape index (κ1) is 14.9. The molecule has 1 N–H and O–H groups in total. The molecule has 0 heterocycles. The number of hydrogen-bond acceptors (Lipinski definition) is 4. The van der Waals surface area contributed by atoms with E-state index in [1.165, 1.54) is 6.07 Å². The first-order chi connectivity index (χ1) is 9.02. The zero-order valence-corrected chi connectivity index (χ0v) is 10.7. The van der Waals surface area contributed by atoms with Crippen molar-refractivity contribution in [1.29, 1.82) is 0 Å². The standard InChI is InChI=1S/C14H16O5/c1-10(2)14(17)19-8-7-18-9-11-5-3-4-6-12(11)13(15)16/h3-6H,1,7-9H2,2H3,(H,15,16). The third-order valence-corrected chi connectivity index (χ3v) is 2.31. The van der Waals surface area contributed by atoms with E-state index < -0.39 is 11.9 Å². The Morgan fingerprint density at radius 2 is 1.95 bits per heavy atom. The van der Waals surface area contributed by atoms with Crippen molar-refractivity contribution in [3.63, 3.8) is 0 Å². The van der Waals surface area contributed by atoms with Crippen molar-refractivity contribution in [2.75, 3.05) is 13.2 Å². The van der Waals surface area contributed by atoms with Crippen molar-refractivity contribution in [3.8, 4) is 0 Å². The first-order valence-corrected chi connectivity index (χ1v) is 5.74. The van der Waals surface area contributed by atoms with Gasteiger partial charge in [0.1, 0.15) is 6.61 Å². The minimum atomic E-state index is -0.993. The number of esters is 1. The predicted molar refractivity (Wildman–Crippen MR) is 68.8 cm³/mol. The summed E-state index contributed by atoms with van der Waals surface area (Å²) in [5, 5.41) is 8.97. The van der Waals surface area contributed by atoms with E-state index >= 15 is 0 Å². The quantitative estimate of drug-likeness (QED) is 0.463. The normalized spacial score (nSPS) is 9.95. The summed E-state index contributed by atoms with van der Waals surface area (Å²) in [5.41, 5.74) is 1.12. The van der Waals surface area contributed by atoms with E-state index in [1.54, 1.807) is 25.1 Å². The minimum absolute atomic E-state index is 0.112. The van der Waals surface area contributed by atoms with Gasteiger partial charge in [-0.15, -0.1) is 0 Å². The number of carbonyl (C=O) groups excluding carboxylic acids is 1. The van der Waals surface area contributed by atoms with Crippen LogP contribution in [-0.2, 0) is 20.9 Å². The molecule has 0 radical (unpaired) electrons. The summed E-state index contributed by atoms with van der Waals surface area (Å²) in [6.07, 6.45) is 0.